The zero-order chi connectivity index (χ0) is 23.0. The molecule has 0 aromatic heterocycles. The molecule has 9 nitrogen and oxygen atoms in total. The van der Waals surface area contributed by atoms with Crippen LogP contribution in [0.25, 0.3) is 0 Å². The molecule has 0 aliphatic carbocycles. The molecule has 1 N–H and O–H groups in total. The van der Waals surface area contributed by atoms with Crippen LogP contribution in [0.2, 0.25) is 0 Å². The minimum atomic E-state index is -0.955. The number of nitrogens with one attached hydrogen (secondary N) is 1. The summed E-state index contributed by atoms with van der Waals surface area (Å²) in [4.78, 5) is 49.9. The molecule has 1 aliphatic heterocycles. The van der Waals surface area contributed by atoms with Gasteiger partial charge in [0.25, 0.3) is 17.5 Å². The number of nitro benzene ring substituents is 1. The maximum atomic E-state index is 12.6. The lowest BCUT2D eigenvalue weighted by molar-refractivity contribution is -0.384. The molecule has 0 bridgehead atoms. The van der Waals surface area contributed by atoms with Crippen molar-refractivity contribution in [1.82, 2.24) is 10.2 Å². The predicted molar refractivity (Wildman–Crippen MR) is 118 cm³/mol. The second-order valence-corrected chi connectivity index (χ2v) is 8.64. The summed E-state index contributed by atoms with van der Waals surface area (Å²) in [7, 11) is 0. The number of amides is 2. The molecular weight excluding hydrogens is 422 g/mol. The Morgan fingerprint density at radius 2 is 1.97 bits per heavy atom. The van der Waals surface area contributed by atoms with Gasteiger partial charge >= 0.3 is 5.97 Å². The van der Waals surface area contributed by atoms with Gasteiger partial charge in [0.1, 0.15) is 6.04 Å². The fraction of sp³-hybridized carbons (Fsp3) is 0.571. The molecule has 1 saturated heterocycles. The number of ether oxygens (including phenoxy) is 1. The first-order valence-electron chi connectivity index (χ1n) is 10.3. The molecule has 0 spiro atoms. The highest BCUT2D eigenvalue weighted by atomic mass is 32.2. The van der Waals surface area contributed by atoms with Crippen LogP contribution in [0.3, 0.4) is 0 Å². The Bertz CT molecular complexity index is 808. The van der Waals surface area contributed by atoms with Gasteiger partial charge < -0.3 is 15.0 Å². The van der Waals surface area contributed by atoms with E-state index in [1.807, 2.05) is 20.1 Å². The molecule has 1 aromatic rings. The second-order valence-electron chi connectivity index (χ2n) is 7.65. The summed E-state index contributed by atoms with van der Waals surface area (Å²) in [5, 5.41) is 13.5. The fourth-order valence-corrected chi connectivity index (χ4v) is 4.18. The van der Waals surface area contributed by atoms with Gasteiger partial charge in [-0.1, -0.05) is 6.07 Å². The number of piperidine rings is 1. The van der Waals surface area contributed by atoms with E-state index in [4.69, 9.17) is 4.74 Å². The minimum absolute atomic E-state index is 0.0724. The van der Waals surface area contributed by atoms with Crippen molar-refractivity contribution in [3.05, 3.63) is 39.9 Å². The third-order valence-corrected chi connectivity index (χ3v) is 5.98. The molecule has 1 fully saturated rings. The number of non-ortho nitro benzene ring substituents is 1. The van der Waals surface area contributed by atoms with Gasteiger partial charge in [-0.2, -0.15) is 11.8 Å². The van der Waals surface area contributed by atoms with Crippen LogP contribution < -0.4 is 5.32 Å². The number of esters is 1. The number of likely N-dealkylation sites (tertiary alicyclic amines) is 1. The summed E-state index contributed by atoms with van der Waals surface area (Å²) in [5.41, 5.74) is -0.144. The van der Waals surface area contributed by atoms with E-state index in [1.165, 1.54) is 30.0 Å². The van der Waals surface area contributed by atoms with Crippen molar-refractivity contribution in [3.63, 3.8) is 0 Å². The number of benzene rings is 1. The molecule has 170 valence electrons. The molecule has 2 amide bonds. The average Bonchev–Trinajstić information content (AvgIpc) is 2.74. The standard InChI is InChI=1S/C21H29N3O6S/c1-14-6-4-7-15(2)23(14)19(25)13-30-21(27)18(10-11-31-3)22-20(26)16-8-5-9-17(12-16)24(28)29/h5,8-9,12,14-15,18H,4,6-7,10-11,13H2,1-3H3,(H,22,26). The number of thioether (sulfide) groups is 1. The van der Waals surface area contributed by atoms with Gasteiger partial charge in [0.15, 0.2) is 6.61 Å². The Morgan fingerprint density at radius 3 is 2.58 bits per heavy atom. The van der Waals surface area contributed by atoms with Gasteiger partial charge in [0.05, 0.1) is 4.92 Å². The number of hydrogen-bond donors (Lipinski definition) is 1. The van der Waals surface area contributed by atoms with Crippen molar-refractivity contribution in [2.75, 3.05) is 18.6 Å². The van der Waals surface area contributed by atoms with Crippen LogP contribution in [-0.2, 0) is 14.3 Å². The Labute approximate surface area is 186 Å². The lowest BCUT2D eigenvalue weighted by Gasteiger charge is -2.38. The quantitative estimate of drug-likeness (QED) is 0.348. The van der Waals surface area contributed by atoms with Crippen molar-refractivity contribution in [3.8, 4) is 0 Å². The van der Waals surface area contributed by atoms with E-state index < -0.39 is 22.8 Å². The molecule has 0 radical (unpaired) electrons. The topological polar surface area (TPSA) is 119 Å². The molecule has 2 rings (SSSR count). The van der Waals surface area contributed by atoms with Gasteiger partial charge in [0.2, 0.25) is 0 Å². The number of carbonyl (C=O) groups is 3. The molecule has 3 unspecified atom stereocenters. The van der Waals surface area contributed by atoms with Crippen LogP contribution in [-0.4, -0.2) is 64.3 Å². The second kappa shape index (κ2) is 11.7. The van der Waals surface area contributed by atoms with Crippen LogP contribution >= 0.6 is 11.8 Å². The summed E-state index contributed by atoms with van der Waals surface area (Å²) in [6.45, 7) is 3.59. The molecule has 1 aromatic carbocycles. The van der Waals surface area contributed by atoms with Crippen molar-refractivity contribution in [2.24, 2.45) is 0 Å². The molecule has 1 heterocycles. The van der Waals surface area contributed by atoms with Gasteiger partial charge in [-0.3, -0.25) is 19.7 Å². The van der Waals surface area contributed by atoms with Gasteiger partial charge in [0, 0.05) is 29.8 Å². The maximum Gasteiger partial charge on any atom is 0.329 e. The molecule has 0 saturated carbocycles. The summed E-state index contributed by atoms with van der Waals surface area (Å²) in [5.74, 6) is -0.972. The van der Waals surface area contributed by atoms with Crippen LogP contribution in [0, 0.1) is 10.1 Å². The maximum absolute atomic E-state index is 12.6. The van der Waals surface area contributed by atoms with Crippen LogP contribution in [0.1, 0.15) is 49.9 Å². The number of nitro groups is 1. The Kier molecular flexibility index (Phi) is 9.29. The number of carbonyl (C=O) groups excluding carboxylic acids is 3. The molecule has 3 atom stereocenters. The minimum Gasteiger partial charge on any atom is -0.454 e. The SMILES string of the molecule is CSCCC(NC(=O)c1cccc([N+](=O)[O-])c1)C(=O)OCC(=O)N1C(C)CCCC1C. The fourth-order valence-electron chi connectivity index (χ4n) is 3.71. The van der Waals surface area contributed by atoms with E-state index in [2.05, 4.69) is 5.32 Å². The summed E-state index contributed by atoms with van der Waals surface area (Å²) in [6.07, 6.45) is 5.07. The Morgan fingerprint density at radius 1 is 1.29 bits per heavy atom. The highest BCUT2D eigenvalue weighted by molar-refractivity contribution is 7.98. The van der Waals surface area contributed by atoms with E-state index in [0.29, 0.717) is 12.2 Å². The largest absolute Gasteiger partial charge is 0.454 e. The third-order valence-electron chi connectivity index (χ3n) is 5.34. The van der Waals surface area contributed by atoms with Gasteiger partial charge in [-0.05, 0) is 57.6 Å². The lowest BCUT2D eigenvalue weighted by atomic mass is 9.97. The monoisotopic (exact) mass is 451 g/mol. The first-order chi connectivity index (χ1) is 14.7. The van der Waals surface area contributed by atoms with Crippen molar-refractivity contribution in [1.29, 1.82) is 0 Å². The zero-order valence-corrected chi connectivity index (χ0v) is 18.9. The first-order valence-corrected chi connectivity index (χ1v) is 11.7. The molecule has 1 aliphatic rings. The normalized spacial score (nSPS) is 19.4. The highest BCUT2D eigenvalue weighted by Gasteiger charge is 2.30. The number of nitrogens with zero attached hydrogens (tertiary/aromatic N) is 2. The highest BCUT2D eigenvalue weighted by Crippen LogP contribution is 2.22. The van der Waals surface area contributed by atoms with Crippen molar-refractivity contribution < 1.29 is 24.0 Å². The van der Waals surface area contributed by atoms with E-state index >= 15 is 0 Å². The number of rotatable bonds is 9. The van der Waals surface area contributed by atoms with Crippen molar-refractivity contribution >= 4 is 35.2 Å². The lowest BCUT2D eigenvalue weighted by Crippen LogP contribution is -2.50. The first kappa shape index (κ1) is 24.6. The van der Waals surface area contributed by atoms with Gasteiger partial charge in [-0.15, -0.1) is 0 Å². The van der Waals surface area contributed by atoms with E-state index in [9.17, 15) is 24.5 Å². The molecule has 10 heteroatoms. The third kappa shape index (κ3) is 6.95. The van der Waals surface area contributed by atoms with Crippen LogP contribution in [0.4, 0.5) is 5.69 Å². The van der Waals surface area contributed by atoms with Crippen LogP contribution in [0.5, 0.6) is 0 Å². The summed E-state index contributed by atoms with van der Waals surface area (Å²) < 4.78 is 5.25. The molecular formula is C21H29N3O6S. The Hall–Kier alpha value is -2.62. The van der Waals surface area contributed by atoms with E-state index in [1.54, 1.807) is 4.90 Å². The van der Waals surface area contributed by atoms with E-state index in [-0.39, 0.29) is 35.8 Å². The zero-order valence-electron chi connectivity index (χ0n) is 18.0. The summed E-state index contributed by atoms with van der Waals surface area (Å²) >= 11 is 1.50. The average molecular weight is 452 g/mol. The number of hydrogen-bond acceptors (Lipinski definition) is 7. The van der Waals surface area contributed by atoms with Crippen molar-refractivity contribution in [2.45, 2.75) is 57.7 Å². The summed E-state index contributed by atoms with van der Waals surface area (Å²) in [6, 6.07) is 4.50. The van der Waals surface area contributed by atoms with Gasteiger partial charge in [-0.25, -0.2) is 4.79 Å². The Balaban J connectivity index is 2.01. The van der Waals surface area contributed by atoms with E-state index in [0.717, 1.165) is 25.3 Å². The molecule has 31 heavy (non-hydrogen) atoms. The smallest absolute Gasteiger partial charge is 0.329 e. The van der Waals surface area contributed by atoms with Crippen LogP contribution in [0.15, 0.2) is 24.3 Å². The predicted octanol–water partition coefficient (Wildman–Crippen LogP) is 2.78.